The maximum atomic E-state index is 12.8. The summed E-state index contributed by atoms with van der Waals surface area (Å²) in [6.45, 7) is 0.566. The number of aromatic nitrogens is 2. The van der Waals surface area contributed by atoms with Gasteiger partial charge in [-0.15, -0.1) is 11.3 Å². The van der Waals surface area contributed by atoms with Crippen LogP contribution in [0.2, 0.25) is 5.02 Å². The predicted octanol–water partition coefficient (Wildman–Crippen LogP) is 5.12. The quantitative estimate of drug-likeness (QED) is 0.497. The summed E-state index contributed by atoms with van der Waals surface area (Å²) in [5, 5.41) is 8.67. The van der Waals surface area contributed by atoms with Gasteiger partial charge in [0.05, 0.1) is 17.8 Å². The van der Waals surface area contributed by atoms with Crippen molar-refractivity contribution in [3.63, 3.8) is 0 Å². The monoisotopic (exact) mass is 410 g/mol. The summed E-state index contributed by atoms with van der Waals surface area (Å²) in [4.78, 5) is 15.4. The second-order valence-corrected chi connectivity index (χ2v) is 8.06. The Bertz CT molecular complexity index is 1130. The molecule has 1 amide bonds. The first-order valence-electron chi connectivity index (χ1n) is 8.79. The minimum atomic E-state index is -0.226. The summed E-state index contributed by atoms with van der Waals surface area (Å²) in [6.07, 6.45) is 1.68. The van der Waals surface area contributed by atoms with Crippen LogP contribution in [-0.4, -0.2) is 29.8 Å². The summed E-state index contributed by atoms with van der Waals surface area (Å²) in [5.74, 6) is 0.408. The Morgan fingerprint density at radius 3 is 2.61 bits per heavy atom. The minimum absolute atomic E-state index is 0.226. The topological polar surface area (TPSA) is 50.2 Å². The summed E-state index contributed by atoms with van der Waals surface area (Å²) < 4.78 is 2.76. The van der Waals surface area contributed by atoms with Crippen LogP contribution in [-0.2, 0) is 6.54 Å². The SMILES string of the molecule is CN(C)c1ccc(Cn2nccc2NC(=O)c2sc3ccccc3c2Cl)cc1. The van der Waals surface area contributed by atoms with Crippen molar-refractivity contribution >= 4 is 50.4 Å². The number of carbonyl (C=O) groups excluding carboxylic acids is 1. The van der Waals surface area contributed by atoms with Crippen molar-refractivity contribution in [1.82, 2.24) is 9.78 Å². The van der Waals surface area contributed by atoms with Crippen LogP contribution < -0.4 is 10.2 Å². The van der Waals surface area contributed by atoms with Gasteiger partial charge in [0.2, 0.25) is 0 Å². The minimum Gasteiger partial charge on any atom is -0.378 e. The zero-order valence-corrected chi connectivity index (χ0v) is 17.1. The molecule has 0 saturated heterocycles. The van der Waals surface area contributed by atoms with Gasteiger partial charge in [-0.2, -0.15) is 5.10 Å². The van der Waals surface area contributed by atoms with E-state index in [1.54, 1.807) is 16.9 Å². The number of rotatable bonds is 5. The Labute approximate surface area is 172 Å². The number of anilines is 2. The largest absolute Gasteiger partial charge is 0.378 e. The molecule has 1 N–H and O–H groups in total. The fourth-order valence-electron chi connectivity index (χ4n) is 2.97. The molecule has 4 rings (SSSR count). The van der Waals surface area contributed by atoms with Crippen LogP contribution in [0.15, 0.2) is 60.8 Å². The molecule has 0 aliphatic carbocycles. The molecule has 0 unspecified atom stereocenters. The molecule has 0 bridgehead atoms. The van der Waals surface area contributed by atoms with E-state index in [1.807, 2.05) is 38.4 Å². The molecular formula is C21H19ClN4OS. The third-order valence-electron chi connectivity index (χ3n) is 4.48. The average Bonchev–Trinajstić information content (AvgIpc) is 3.27. The number of amides is 1. The van der Waals surface area contributed by atoms with E-state index in [0.717, 1.165) is 21.3 Å². The average molecular weight is 411 g/mol. The molecule has 0 spiro atoms. The first-order chi connectivity index (χ1) is 13.5. The summed E-state index contributed by atoms with van der Waals surface area (Å²) >= 11 is 7.81. The molecule has 2 aromatic heterocycles. The molecule has 0 atom stereocenters. The summed E-state index contributed by atoms with van der Waals surface area (Å²) in [5.41, 5.74) is 2.24. The van der Waals surface area contributed by atoms with E-state index in [2.05, 4.69) is 39.6 Å². The molecule has 0 fully saturated rings. The van der Waals surface area contributed by atoms with Crippen molar-refractivity contribution in [2.24, 2.45) is 0 Å². The molecule has 0 radical (unpaired) electrons. The number of hydrogen-bond donors (Lipinski definition) is 1. The van der Waals surface area contributed by atoms with Gasteiger partial charge >= 0.3 is 0 Å². The van der Waals surface area contributed by atoms with Crippen LogP contribution in [0.1, 0.15) is 15.2 Å². The Balaban J connectivity index is 1.53. The Hall–Kier alpha value is -2.83. The van der Waals surface area contributed by atoms with E-state index in [4.69, 9.17) is 11.6 Å². The van der Waals surface area contributed by atoms with Gasteiger partial charge in [0.25, 0.3) is 5.91 Å². The van der Waals surface area contributed by atoms with Gasteiger partial charge in [0, 0.05) is 35.9 Å². The van der Waals surface area contributed by atoms with Crippen LogP contribution >= 0.6 is 22.9 Å². The molecule has 2 heterocycles. The van der Waals surface area contributed by atoms with Gasteiger partial charge in [-0.3, -0.25) is 4.79 Å². The second kappa shape index (κ2) is 7.66. The molecule has 7 heteroatoms. The van der Waals surface area contributed by atoms with Gasteiger partial charge in [0.1, 0.15) is 10.7 Å². The number of thiophene rings is 1. The van der Waals surface area contributed by atoms with Crippen molar-refractivity contribution < 1.29 is 4.79 Å². The highest BCUT2D eigenvalue weighted by atomic mass is 35.5. The molecule has 0 aliphatic rings. The number of hydrogen-bond acceptors (Lipinski definition) is 4. The van der Waals surface area contributed by atoms with Gasteiger partial charge in [-0.25, -0.2) is 4.68 Å². The van der Waals surface area contributed by atoms with Gasteiger partial charge in [-0.1, -0.05) is 41.9 Å². The van der Waals surface area contributed by atoms with E-state index in [9.17, 15) is 4.79 Å². The highest BCUT2D eigenvalue weighted by Gasteiger charge is 2.18. The van der Waals surface area contributed by atoms with Crippen LogP contribution in [0.3, 0.4) is 0 Å². The Morgan fingerprint density at radius 1 is 1.14 bits per heavy atom. The van der Waals surface area contributed by atoms with Crippen LogP contribution in [0.4, 0.5) is 11.5 Å². The second-order valence-electron chi connectivity index (χ2n) is 6.63. The lowest BCUT2D eigenvalue weighted by atomic mass is 10.2. The van der Waals surface area contributed by atoms with Crippen molar-refractivity contribution in [3.05, 3.63) is 76.3 Å². The maximum absolute atomic E-state index is 12.8. The van der Waals surface area contributed by atoms with Gasteiger partial charge < -0.3 is 10.2 Å². The van der Waals surface area contributed by atoms with Crippen molar-refractivity contribution in [2.75, 3.05) is 24.3 Å². The Kier molecular flexibility index (Phi) is 5.07. The highest BCUT2D eigenvalue weighted by molar-refractivity contribution is 7.21. The zero-order valence-electron chi connectivity index (χ0n) is 15.5. The number of halogens is 1. The molecule has 2 aromatic carbocycles. The van der Waals surface area contributed by atoms with E-state index >= 15 is 0 Å². The predicted molar refractivity (Wildman–Crippen MR) is 117 cm³/mol. The lowest BCUT2D eigenvalue weighted by molar-refractivity contribution is 0.102. The van der Waals surface area contributed by atoms with Crippen LogP contribution in [0.25, 0.3) is 10.1 Å². The first kappa shape index (κ1) is 18.5. The van der Waals surface area contributed by atoms with E-state index in [-0.39, 0.29) is 5.91 Å². The molecule has 28 heavy (non-hydrogen) atoms. The number of nitrogens with one attached hydrogen (secondary N) is 1. The lowest BCUT2D eigenvalue weighted by Gasteiger charge is -2.13. The first-order valence-corrected chi connectivity index (χ1v) is 9.99. The third-order valence-corrected chi connectivity index (χ3v) is 6.16. The standard InChI is InChI=1S/C21H19ClN4OS/c1-25(2)15-9-7-14(8-10-15)13-26-18(11-12-23-26)24-21(27)20-19(22)16-5-3-4-6-17(16)28-20/h3-12H,13H2,1-2H3,(H,24,27). The lowest BCUT2D eigenvalue weighted by Crippen LogP contribution is -2.15. The third kappa shape index (κ3) is 3.61. The molecule has 4 aromatic rings. The van der Waals surface area contributed by atoms with Crippen molar-refractivity contribution in [1.29, 1.82) is 0 Å². The zero-order chi connectivity index (χ0) is 19.7. The fourth-order valence-corrected chi connectivity index (χ4v) is 4.38. The molecular weight excluding hydrogens is 392 g/mol. The smallest absolute Gasteiger partial charge is 0.268 e. The molecule has 0 saturated carbocycles. The maximum Gasteiger partial charge on any atom is 0.268 e. The number of carbonyl (C=O) groups is 1. The van der Waals surface area contributed by atoms with Gasteiger partial charge in [-0.05, 0) is 23.8 Å². The normalized spacial score (nSPS) is 11.0. The summed E-state index contributed by atoms with van der Waals surface area (Å²) in [6, 6.07) is 17.8. The number of nitrogens with zero attached hydrogens (tertiary/aromatic N) is 3. The number of fused-ring (bicyclic) bond motifs is 1. The fraction of sp³-hybridized carbons (Fsp3) is 0.143. The molecule has 142 valence electrons. The van der Waals surface area contributed by atoms with Gasteiger partial charge in [0.15, 0.2) is 0 Å². The van der Waals surface area contributed by atoms with Crippen molar-refractivity contribution in [2.45, 2.75) is 6.54 Å². The van der Waals surface area contributed by atoms with Crippen LogP contribution in [0.5, 0.6) is 0 Å². The molecule has 5 nitrogen and oxygen atoms in total. The Morgan fingerprint density at radius 2 is 1.89 bits per heavy atom. The summed E-state index contributed by atoms with van der Waals surface area (Å²) in [7, 11) is 4.02. The number of benzene rings is 2. The van der Waals surface area contributed by atoms with Crippen LogP contribution in [0, 0.1) is 0 Å². The van der Waals surface area contributed by atoms with E-state index < -0.39 is 0 Å². The highest BCUT2D eigenvalue weighted by Crippen LogP contribution is 2.35. The van der Waals surface area contributed by atoms with E-state index in [0.29, 0.717) is 22.3 Å². The van der Waals surface area contributed by atoms with E-state index in [1.165, 1.54) is 11.3 Å². The van der Waals surface area contributed by atoms with Crippen molar-refractivity contribution in [3.8, 4) is 0 Å². The molecule has 0 aliphatic heterocycles.